The van der Waals surface area contributed by atoms with Crippen molar-refractivity contribution in [2.24, 2.45) is 5.92 Å². The molecule has 0 aromatic heterocycles. The van der Waals surface area contributed by atoms with E-state index in [-0.39, 0.29) is 11.2 Å². The lowest BCUT2D eigenvalue weighted by Gasteiger charge is -2.41. The lowest BCUT2D eigenvalue weighted by atomic mass is 9.81. The molecular weight excluding hydrogens is 220 g/mol. The van der Waals surface area contributed by atoms with Gasteiger partial charge in [-0.3, -0.25) is 0 Å². The molecule has 0 amide bonds. The molecule has 0 saturated heterocycles. The van der Waals surface area contributed by atoms with Gasteiger partial charge in [0.2, 0.25) is 0 Å². The molecule has 0 unspecified atom stereocenters. The molecule has 1 fully saturated rings. The minimum absolute atomic E-state index is 0.104. The van der Waals surface area contributed by atoms with Crippen LogP contribution >= 0.6 is 0 Å². The summed E-state index contributed by atoms with van der Waals surface area (Å²) in [6.07, 6.45) is 5.28. The molecule has 100 valence electrons. The van der Waals surface area contributed by atoms with E-state index in [1.165, 1.54) is 31.2 Å². The lowest BCUT2D eigenvalue weighted by Crippen LogP contribution is -2.40. The van der Waals surface area contributed by atoms with Crippen LogP contribution in [0.25, 0.3) is 0 Å². The Kier molecular flexibility index (Phi) is 3.82. The molecular formula is C17H26O. The summed E-state index contributed by atoms with van der Waals surface area (Å²) in [5.41, 5.74) is 1.08. The van der Waals surface area contributed by atoms with E-state index in [1.807, 2.05) is 0 Å². The third-order valence-electron chi connectivity index (χ3n) is 4.00. The van der Waals surface area contributed by atoms with Crippen LogP contribution in [0.5, 0.6) is 0 Å². The Hall–Kier alpha value is -0.820. The second kappa shape index (κ2) is 5.05. The minimum atomic E-state index is -0.143. The van der Waals surface area contributed by atoms with Gasteiger partial charge in [0, 0.05) is 0 Å². The van der Waals surface area contributed by atoms with Crippen molar-refractivity contribution < 1.29 is 4.74 Å². The Morgan fingerprint density at radius 2 is 1.50 bits per heavy atom. The Bertz CT molecular complexity index is 370. The molecule has 1 heteroatoms. The maximum absolute atomic E-state index is 6.50. The van der Waals surface area contributed by atoms with Gasteiger partial charge < -0.3 is 4.74 Å². The van der Waals surface area contributed by atoms with Gasteiger partial charge in [-0.05, 0) is 52.0 Å². The van der Waals surface area contributed by atoms with E-state index in [0.717, 1.165) is 0 Å². The Labute approximate surface area is 112 Å². The van der Waals surface area contributed by atoms with Gasteiger partial charge in [-0.2, -0.15) is 0 Å². The van der Waals surface area contributed by atoms with Gasteiger partial charge in [0.25, 0.3) is 0 Å². The molecule has 1 aromatic carbocycles. The van der Waals surface area contributed by atoms with E-state index in [0.29, 0.717) is 5.92 Å². The van der Waals surface area contributed by atoms with Crippen molar-refractivity contribution >= 4 is 0 Å². The first kappa shape index (κ1) is 13.6. The monoisotopic (exact) mass is 246 g/mol. The molecule has 0 radical (unpaired) electrons. The van der Waals surface area contributed by atoms with Crippen molar-refractivity contribution in [1.82, 2.24) is 0 Å². The fourth-order valence-electron chi connectivity index (χ4n) is 3.26. The van der Waals surface area contributed by atoms with Gasteiger partial charge in [-0.1, -0.05) is 43.2 Å². The number of hydrogen-bond acceptors (Lipinski definition) is 1. The molecule has 0 bridgehead atoms. The summed E-state index contributed by atoms with van der Waals surface area (Å²) in [5, 5.41) is 0. The van der Waals surface area contributed by atoms with Crippen molar-refractivity contribution in [1.29, 1.82) is 0 Å². The first-order valence-electron chi connectivity index (χ1n) is 7.17. The first-order chi connectivity index (χ1) is 8.42. The van der Waals surface area contributed by atoms with Crippen molar-refractivity contribution in [3.05, 3.63) is 35.9 Å². The number of benzene rings is 1. The average molecular weight is 246 g/mol. The summed E-state index contributed by atoms with van der Waals surface area (Å²) < 4.78 is 6.50. The molecule has 18 heavy (non-hydrogen) atoms. The maximum Gasteiger partial charge on any atom is 0.0938 e. The highest BCUT2D eigenvalue weighted by Gasteiger charge is 2.41. The molecule has 0 heterocycles. The van der Waals surface area contributed by atoms with Crippen LogP contribution in [0.1, 0.15) is 58.9 Å². The minimum Gasteiger partial charge on any atom is -0.365 e. The summed E-state index contributed by atoms with van der Waals surface area (Å²) in [4.78, 5) is 0. The van der Waals surface area contributed by atoms with E-state index in [2.05, 4.69) is 58.0 Å². The third kappa shape index (κ3) is 2.95. The first-order valence-corrected chi connectivity index (χ1v) is 7.17. The molecule has 1 nitrogen and oxygen atoms in total. The van der Waals surface area contributed by atoms with Crippen molar-refractivity contribution in [2.45, 2.75) is 64.6 Å². The van der Waals surface area contributed by atoms with Crippen LogP contribution < -0.4 is 0 Å². The lowest BCUT2D eigenvalue weighted by molar-refractivity contribution is -0.156. The highest BCUT2D eigenvalue weighted by atomic mass is 16.5. The highest BCUT2D eigenvalue weighted by Crippen LogP contribution is 2.44. The SMILES string of the molecule is CC(C)(C)O[C@](C)(c1ccccc1)C1CCCC1. The number of rotatable bonds is 3. The van der Waals surface area contributed by atoms with Gasteiger partial charge in [-0.15, -0.1) is 0 Å². The zero-order valence-corrected chi connectivity index (χ0v) is 12.2. The standard InChI is InChI=1S/C17H26O/c1-16(2,3)18-17(4,15-12-8-9-13-15)14-10-6-5-7-11-14/h5-7,10-11,15H,8-9,12-13H2,1-4H3/t17-/m1/s1. The summed E-state index contributed by atoms with van der Waals surface area (Å²) in [5.74, 6) is 0.652. The molecule has 2 rings (SSSR count). The summed E-state index contributed by atoms with van der Waals surface area (Å²) in [6.45, 7) is 8.75. The molecule has 0 aliphatic heterocycles. The predicted octanol–water partition coefficient (Wildman–Crippen LogP) is 4.91. The van der Waals surface area contributed by atoms with Crippen LogP contribution in [0.15, 0.2) is 30.3 Å². The van der Waals surface area contributed by atoms with Gasteiger partial charge in [0.1, 0.15) is 0 Å². The summed E-state index contributed by atoms with van der Waals surface area (Å²) >= 11 is 0. The Balaban J connectivity index is 2.33. The quantitative estimate of drug-likeness (QED) is 0.736. The number of ether oxygens (including phenoxy) is 1. The Morgan fingerprint density at radius 1 is 0.944 bits per heavy atom. The largest absolute Gasteiger partial charge is 0.365 e. The Morgan fingerprint density at radius 3 is 2.00 bits per heavy atom. The van der Waals surface area contributed by atoms with Gasteiger partial charge >= 0.3 is 0 Å². The maximum atomic E-state index is 6.50. The highest BCUT2D eigenvalue weighted by molar-refractivity contribution is 5.23. The van der Waals surface area contributed by atoms with Crippen LogP contribution in [0.2, 0.25) is 0 Å². The number of hydrogen-bond donors (Lipinski definition) is 0. The van der Waals surface area contributed by atoms with Crippen LogP contribution in [0.3, 0.4) is 0 Å². The van der Waals surface area contributed by atoms with E-state index in [9.17, 15) is 0 Å². The molecule has 1 aliphatic carbocycles. The molecule has 1 saturated carbocycles. The van der Waals surface area contributed by atoms with E-state index < -0.39 is 0 Å². The van der Waals surface area contributed by atoms with E-state index in [1.54, 1.807) is 0 Å². The van der Waals surface area contributed by atoms with Gasteiger partial charge in [-0.25, -0.2) is 0 Å². The molecule has 1 aliphatic rings. The normalized spacial score (nSPS) is 20.9. The predicted molar refractivity (Wildman–Crippen MR) is 76.6 cm³/mol. The van der Waals surface area contributed by atoms with Crippen LogP contribution in [-0.4, -0.2) is 5.60 Å². The van der Waals surface area contributed by atoms with Crippen LogP contribution in [0.4, 0.5) is 0 Å². The van der Waals surface area contributed by atoms with Crippen molar-refractivity contribution in [2.75, 3.05) is 0 Å². The average Bonchev–Trinajstić information content (AvgIpc) is 2.82. The summed E-state index contributed by atoms with van der Waals surface area (Å²) in [7, 11) is 0. The zero-order chi connectivity index (χ0) is 13.2. The molecule has 1 atom stereocenters. The summed E-state index contributed by atoms with van der Waals surface area (Å²) in [6, 6.07) is 10.7. The molecule has 0 spiro atoms. The van der Waals surface area contributed by atoms with E-state index >= 15 is 0 Å². The van der Waals surface area contributed by atoms with E-state index in [4.69, 9.17) is 4.74 Å². The second-order valence-electron chi connectivity index (χ2n) is 6.67. The topological polar surface area (TPSA) is 9.23 Å². The molecule has 1 aromatic rings. The fourth-order valence-corrected chi connectivity index (χ4v) is 3.26. The smallest absolute Gasteiger partial charge is 0.0938 e. The van der Waals surface area contributed by atoms with Gasteiger partial charge in [0.05, 0.1) is 11.2 Å². The molecule has 0 N–H and O–H groups in total. The van der Waals surface area contributed by atoms with Crippen molar-refractivity contribution in [3.8, 4) is 0 Å². The van der Waals surface area contributed by atoms with Crippen molar-refractivity contribution in [3.63, 3.8) is 0 Å². The van der Waals surface area contributed by atoms with Crippen LogP contribution in [0, 0.1) is 5.92 Å². The third-order valence-corrected chi connectivity index (χ3v) is 4.00. The van der Waals surface area contributed by atoms with Crippen LogP contribution in [-0.2, 0) is 10.3 Å². The zero-order valence-electron chi connectivity index (χ0n) is 12.2. The second-order valence-corrected chi connectivity index (χ2v) is 6.67. The fraction of sp³-hybridized carbons (Fsp3) is 0.647. The van der Waals surface area contributed by atoms with Gasteiger partial charge in [0.15, 0.2) is 0 Å².